The first-order valence-corrected chi connectivity index (χ1v) is 9.73. The van der Waals surface area contributed by atoms with Crippen molar-refractivity contribution in [3.63, 3.8) is 0 Å². The van der Waals surface area contributed by atoms with Crippen LogP contribution in [-0.2, 0) is 9.59 Å². The number of benzene rings is 2. The summed E-state index contributed by atoms with van der Waals surface area (Å²) >= 11 is 6.26. The molecule has 1 heterocycles. The van der Waals surface area contributed by atoms with Gasteiger partial charge in [-0.25, -0.2) is 4.39 Å². The first-order chi connectivity index (χ1) is 13.9. The van der Waals surface area contributed by atoms with Crippen LogP contribution in [0.1, 0.15) is 37.4 Å². The summed E-state index contributed by atoms with van der Waals surface area (Å²) in [7, 11) is 0. The molecule has 0 aliphatic carbocycles. The molecular weight excluding hydrogens is 397 g/mol. The van der Waals surface area contributed by atoms with Gasteiger partial charge in [0.1, 0.15) is 17.3 Å². The van der Waals surface area contributed by atoms with Crippen LogP contribution in [0, 0.1) is 5.82 Å². The molecule has 1 unspecified atom stereocenters. The largest absolute Gasteiger partial charge is 0.507 e. The van der Waals surface area contributed by atoms with E-state index >= 15 is 0 Å². The van der Waals surface area contributed by atoms with Gasteiger partial charge in [-0.3, -0.25) is 9.59 Å². The summed E-state index contributed by atoms with van der Waals surface area (Å²) in [6.07, 6.45) is 0.616. The predicted octanol–water partition coefficient (Wildman–Crippen LogP) is 4.71. The maximum absolute atomic E-state index is 13.4. The van der Waals surface area contributed by atoms with Crippen LogP contribution in [0.25, 0.3) is 5.76 Å². The van der Waals surface area contributed by atoms with Gasteiger partial charge in [-0.15, -0.1) is 0 Å². The number of aliphatic hydroxyl groups is 1. The maximum Gasteiger partial charge on any atom is 0.295 e. The van der Waals surface area contributed by atoms with Gasteiger partial charge in [0, 0.05) is 12.1 Å². The summed E-state index contributed by atoms with van der Waals surface area (Å²) in [5.41, 5.74) is 0.641. The second kappa shape index (κ2) is 8.66. The molecule has 2 aromatic rings. The number of Topliss-reactive ketones (excluding diaryl/α,β-unsaturated/α-hetero) is 1. The Morgan fingerprint density at radius 2 is 1.86 bits per heavy atom. The maximum atomic E-state index is 13.4. The van der Waals surface area contributed by atoms with Crippen LogP contribution in [0.5, 0.6) is 5.75 Å². The molecule has 5 nitrogen and oxygen atoms in total. The SMILES string of the molecule is CCCN1C(=O)C(=O)/C(=C(/O)c2cc(OCC)ccc2Cl)C1c1ccc(F)cc1. The molecule has 1 atom stereocenters. The zero-order chi connectivity index (χ0) is 21.1. The van der Waals surface area contributed by atoms with Gasteiger partial charge < -0.3 is 14.7 Å². The number of amides is 1. The van der Waals surface area contributed by atoms with Crippen molar-refractivity contribution in [2.24, 2.45) is 0 Å². The van der Waals surface area contributed by atoms with E-state index in [-0.39, 0.29) is 21.9 Å². The first-order valence-electron chi connectivity index (χ1n) is 9.35. The van der Waals surface area contributed by atoms with E-state index in [4.69, 9.17) is 16.3 Å². The van der Waals surface area contributed by atoms with Crippen molar-refractivity contribution in [3.05, 3.63) is 70.0 Å². The second-order valence-corrected chi connectivity index (χ2v) is 7.03. The molecule has 0 saturated carbocycles. The summed E-state index contributed by atoms with van der Waals surface area (Å²) in [5.74, 6) is -1.86. The van der Waals surface area contributed by atoms with Crippen molar-refractivity contribution in [3.8, 4) is 5.75 Å². The lowest BCUT2D eigenvalue weighted by Crippen LogP contribution is -2.30. The molecule has 1 amide bonds. The van der Waals surface area contributed by atoms with E-state index in [0.29, 0.717) is 30.9 Å². The molecule has 1 saturated heterocycles. The third-order valence-corrected chi connectivity index (χ3v) is 5.02. The zero-order valence-corrected chi connectivity index (χ0v) is 16.9. The van der Waals surface area contributed by atoms with Crippen molar-refractivity contribution in [1.82, 2.24) is 4.90 Å². The molecule has 29 heavy (non-hydrogen) atoms. The van der Waals surface area contributed by atoms with Crippen molar-refractivity contribution < 1.29 is 23.8 Å². The smallest absolute Gasteiger partial charge is 0.295 e. The van der Waals surface area contributed by atoms with Crippen LogP contribution in [-0.4, -0.2) is 34.8 Å². The van der Waals surface area contributed by atoms with Crippen LogP contribution >= 0.6 is 11.6 Å². The fourth-order valence-electron chi connectivity index (χ4n) is 3.43. The van der Waals surface area contributed by atoms with E-state index in [2.05, 4.69) is 0 Å². The van der Waals surface area contributed by atoms with Crippen LogP contribution < -0.4 is 4.74 Å². The molecule has 0 spiro atoms. The molecular formula is C22H21ClFNO4. The molecule has 152 valence electrons. The third-order valence-electron chi connectivity index (χ3n) is 4.69. The van der Waals surface area contributed by atoms with E-state index in [1.165, 1.54) is 35.2 Å². The Kier molecular flexibility index (Phi) is 6.23. The van der Waals surface area contributed by atoms with Gasteiger partial charge in [-0.2, -0.15) is 0 Å². The van der Waals surface area contributed by atoms with E-state index < -0.39 is 23.5 Å². The number of nitrogens with zero attached hydrogens (tertiary/aromatic N) is 1. The Morgan fingerprint density at radius 1 is 1.17 bits per heavy atom. The lowest BCUT2D eigenvalue weighted by molar-refractivity contribution is -0.139. The van der Waals surface area contributed by atoms with Gasteiger partial charge >= 0.3 is 0 Å². The minimum atomic E-state index is -0.831. The average molecular weight is 418 g/mol. The van der Waals surface area contributed by atoms with Crippen molar-refractivity contribution in [1.29, 1.82) is 0 Å². The van der Waals surface area contributed by atoms with E-state index in [9.17, 15) is 19.1 Å². The topological polar surface area (TPSA) is 66.8 Å². The van der Waals surface area contributed by atoms with Crippen molar-refractivity contribution >= 4 is 29.1 Å². The quantitative estimate of drug-likeness (QED) is 0.420. The van der Waals surface area contributed by atoms with Crippen LogP contribution in [0.2, 0.25) is 5.02 Å². The standard InChI is InChI=1S/C22H21ClFNO4/c1-3-11-25-19(13-5-7-14(24)8-6-13)18(21(27)22(25)28)20(26)16-12-15(29-4-2)9-10-17(16)23/h5-10,12,19,26H,3-4,11H2,1-2H3/b20-18+. The minimum absolute atomic E-state index is 0.0781. The van der Waals surface area contributed by atoms with E-state index in [1.807, 2.05) is 13.8 Å². The van der Waals surface area contributed by atoms with Gasteiger partial charge in [-0.1, -0.05) is 30.7 Å². The number of ether oxygens (including phenoxy) is 1. The molecule has 7 heteroatoms. The normalized spacial score (nSPS) is 18.3. The highest BCUT2D eigenvalue weighted by Gasteiger charge is 2.45. The number of ketones is 1. The van der Waals surface area contributed by atoms with E-state index in [0.717, 1.165) is 0 Å². The van der Waals surface area contributed by atoms with E-state index in [1.54, 1.807) is 12.1 Å². The van der Waals surface area contributed by atoms with Gasteiger partial charge in [0.05, 0.1) is 23.2 Å². The molecule has 0 radical (unpaired) electrons. The minimum Gasteiger partial charge on any atom is -0.507 e. The van der Waals surface area contributed by atoms with Crippen molar-refractivity contribution in [2.75, 3.05) is 13.2 Å². The molecule has 2 aromatic carbocycles. The number of hydrogen-bond acceptors (Lipinski definition) is 4. The van der Waals surface area contributed by atoms with Gasteiger partial charge in [0.25, 0.3) is 11.7 Å². The third kappa shape index (κ3) is 3.98. The summed E-state index contributed by atoms with van der Waals surface area (Å²) in [5, 5.41) is 11.2. The summed E-state index contributed by atoms with van der Waals surface area (Å²) < 4.78 is 18.9. The van der Waals surface area contributed by atoms with Gasteiger partial charge in [-0.05, 0) is 49.2 Å². The number of carbonyl (C=O) groups is 2. The molecule has 1 N–H and O–H groups in total. The Hall–Kier alpha value is -2.86. The Bertz CT molecular complexity index is 971. The number of hydrogen-bond donors (Lipinski definition) is 1. The Morgan fingerprint density at radius 3 is 2.48 bits per heavy atom. The number of likely N-dealkylation sites (tertiary alicyclic amines) is 1. The molecule has 3 rings (SSSR count). The molecule has 0 bridgehead atoms. The zero-order valence-electron chi connectivity index (χ0n) is 16.1. The molecule has 1 aliphatic heterocycles. The number of aliphatic hydroxyl groups excluding tert-OH is 1. The van der Waals surface area contributed by atoms with Gasteiger partial charge in [0.2, 0.25) is 0 Å². The fourth-order valence-corrected chi connectivity index (χ4v) is 3.64. The molecule has 1 aliphatic rings. The average Bonchev–Trinajstić information content (AvgIpc) is 2.95. The highest BCUT2D eigenvalue weighted by molar-refractivity contribution is 6.47. The summed E-state index contributed by atoms with van der Waals surface area (Å²) in [6, 6.07) is 9.40. The Balaban J connectivity index is 2.20. The summed E-state index contributed by atoms with van der Waals surface area (Å²) in [6.45, 7) is 4.43. The number of rotatable bonds is 6. The van der Waals surface area contributed by atoms with Crippen LogP contribution in [0.4, 0.5) is 4.39 Å². The van der Waals surface area contributed by atoms with Crippen LogP contribution in [0.15, 0.2) is 48.0 Å². The monoisotopic (exact) mass is 417 g/mol. The second-order valence-electron chi connectivity index (χ2n) is 6.62. The van der Waals surface area contributed by atoms with Gasteiger partial charge in [0.15, 0.2) is 0 Å². The number of halogens is 2. The molecule has 1 fully saturated rings. The highest BCUT2D eigenvalue weighted by Crippen LogP contribution is 2.41. The summed E-state index contributed by atoms with van der Waals surface area (Å²) in [4.78, 5) is 26.9. The Labute approximate surface area is 173 Å². The van der Waals surface area contributed by atoms with Crippen LogP contribution in [0.3, 0.4) is 0 Å². The van der Waals surface area contributed by atoms with Crippen molar-refractivity contribution in [2.45, 2.75) is 26.3 Å². The lowest BCUT2D eigenvalue weighted by Gasteiger charge is -2.25. The predicted molar refractivity (Wildman–Crippen MR) is 108 cm³/mol. The fraction of sp³-hybridized carbons (Fsp3) is 0.273. The number of carbonyl (C=O) groups excluding carboxylic acids is 2. The molecule has 0 aromatic heterocycles. The highest BCUT2D eigenvalue weighted by atomic mass is 35.5. The lowest BCUT2D eigenvalue weighted by atomic mass is 9.95. The first kappa shape index (κ1) is 20.9.